The minimum absolute atomic E-state index is 1.00. The van der Waals surface area contributed by atoms with Gasteiger partial charge in [0, 0.05) is 0 Å². The van der Waals surface area contributed by atoms with Crippen LogP contribution in [-0.4, -0.2) is 32.7 Å². The fraction of sp³-hybridized carbons (Fsp3) is 0.444. The Morgan fingerprint density at radius 3 is 1.30 bits per heavy atom. The summed E-state index contributed by atoms with van der Waals surface area (Å²) in [5.41, 5.74) is 0. The normalized spacial score (nSPS) is 10.0. The van der Waals surface area contributed by atoms with Crippen LogP contribution in [-0.2, 0) is 0 Å². The van der Waals surface area contributed by atoms with E-state index in [0.717, 1.165) is 4.48 Å². The average molecular weight is 139 g/mol. The summed E-state index contributed by atoms with van der Waals surface area (Å²) in [6.45, 7) is 0. The van der Waals surface area contributed by atoms with Gasteiger partial charge in [-0.15, -0.1) is 0 Å². The zero-order chi connectivity index (χ0) is 8.04. The van der Waals surface area contributed by atoms with Crippen molar-refractivity contribution >= 4 is 0 Å². The molecule has 1 aromatic rings. The molecule has 0 unspecified atom stereocenters. The largest absolute Gasteiger partial charge is 0.333 e. The van der Waals surface area contributed by atoms with Gasteiger partial charge >= 0.3 is 0 Å². The molecule has 10 heavy (non-hydrogen) atoms. The van der Waals surface area contributed by atoms with Gasteiger partial charge in [0.05, 0.1) is 28.2 Å². The summed E-state index contributed by atoms with van der Waals surface area (Å²) in [4.78, 5) is 0. The van der Waals surface area contributed by atoms with Crippen LogP contribution in [0.3, 0.4) is 0 Å². The first kappa shape index (κ1) is 9.31. The minimum atomic E-state index is 1.00. The molecule has 1 heteroatoms. The summed E-state index contributed by atoms with van der Waals surface area (Å²) >= 11 is 0. The van der Waals surface area contributed by atoms with Crippen LogP contribution in [0.2, 0.25) is 0 Å². The Kier molecular flexibility index (Phi) is 3.89. The van der Waals surface area contributed by atoms with E-state index in [1.54, 1.807) is 0 Å². The maximum absolute atomic E-state index is 2.12. The van der Waals surface area contributed by atoms with Gasteiger partial charge in [0.25, 0.3) is 0 Å². The van der Waals surface area contributed by atoms with E-state index in [4.69, 9.17) is 0 Å². The number of rotatable bonds is 0. The van der Waals surface area contributed by atoms with Crippen molar-refractivity contribution in [1.82, 2.24) is 0 Å². The van der Waals surface area contributed by atoms with Gasteiger partial charge in [0.1, 0.15) is 0 Å². The fourth-order valence-corrected chi connectivity index (χ4v) is 0.321. The lowest BCUT2D eigenvalue weighted by Gasteiger charge is -2.14. The van der Waals surface area contributed by atoms with Crippen molar-refractivity contribution in [2.75, 3.05) is 28.2 Å². The first-order valence-electron chi connectivity index (χ1n) is 3.46. The van der Waals surface area contributed by atoms with Crippen LogP contribution in [0, 0.1) is 0 Å². The van der Waals surface area contributed by atoms with Gasteiger partial charge in [0.15, 0.2) is 0 Å². The number of hydrogen-bond acceptors (Lipinski definition) is 0. The molecule has 0 aromatic heterocycles. The van der Waals surface area contributed by atoms with Crippen molar-refractivity contribution in [2.24, 2.45) is 0 Å². The Balaban J connectivity index is 0.000000162. The molecule has 0 N–H and O–H groups in total. The highest BCUT2D eigenvalue weighted by Gasteiger charge is 1.88. The van der Waals surface area contributed by atoms with Crippen molar-refractivity contribution < 1.29 is 4.48 Å². The van der Waals surface area contributed by atoms with Crippen molar-refractivity contribution in [3.05, 3.63) is 30.3 Å². The van der Waals surface area contributed by atoms with Gasteiger partial charge in [-0.1, -0.05) is 0 Å². The van der Waals surface area contributed by atoms with E-state index >= 15 is 0 Å². The predicted molar refractivity (Wildman–Crippen MR) is 46.0 cm³/mol. The Labute approximate surface area is 63.9 Å². The minimum Gasteiger partial charge on any atom is -0.333 e. The quantitative estimate of drug-likeness (QED) is 0.379. The first-order valence-corrected chi connectivity index (χ1v) is 3.46. The molecule has 0 saturated heterocycles. The average Bonchev–Trinajstić information content (AvgIpc) is 2.07. The molecular formula is C9H17N. The molecule has 0 amide bonds. The SMILES string of the molecule is C[N+](C)(C)C.c1cc[cH-]c1. The maximum Gasteiger partial charge on any atom is 0.0675 e. The molecule has 0 radical (unpaired) electrons. The van der Waals surface area contributed by atoms with Crippen LogP contribution in [0.4, 0.5) is 0 Å². The van der Waals surface area contributed by atoms with Crippen molar-refractivity contribution in [3.63, 3.8) is 0 Å². The molecule has 0 heterocycles. The Bertz CT molecular complexity index is 111. The number of quaternary nitrogens is 1. The van der Waals surface area contributed by atoms with E-state index in [9.17, 15) is 0 Å². The molecule has 1 nitrogen and oxygen atoms in total. The van der Waals surface area contributed by atoms with Crippen molar-refractivity contribution in [3.8, 4) is 0 Å². The van der Waals surface area contributed by atoms with Gasteiger partial charge < -0.3 is 4.48 Å². The van der Waals surface area contributed by atoms with E-state index in [1.807, 2.05) is 30.3 Å². The summed E-state index contributed by atoms with van der Waals surface area (Å²) < 4.78 is 1.00. The zero-order valence-corrected chi connectivity index (χ0v) is 7.33. The van der Waals surface area contributed by atoms with E-state index < -0.39 is 0 Å². The molecule has 0 aliphatic rings. The van der Waals surface area contributed by atoms with E-state index in [0.29, 0.717) is 0 Å². The second-order valence-electron chi connectivity index (χ2n) is 3.65. The molecule has 1 aromatic carbocycles. The third kappa shape index (κ3) is 15.7. The van der Waals surface area contributed by atoms with Gasteiger partial charge in [-0.25, -0.2) is 12.1 Å². The Morgan fingerprint density at radius 1 is 0.900 bits per heavy atom. The van der Waals surface area contributed by atoms with Gasteiger partial charge in [0.2, 0.25) is 0 Å². The lowest BCUT2D eigenvalue weighted by Crippen LogP contribution is -2.27. The van der Waals surface area contributed by atoms with Crippen LogP contribution in [0.5, 0.6) is 0 Å². The highest BCUT2D eigenvalue weighted by atomic mass is 15.2. The standard InChI is InChI=1S/C5H5.C4H12N/c1-2-4-5-3-1;1-5(2,3)4/h1-5H;1-4H3/q-1;+1. The van der Waals surface area contributed by atoms with Gasteiger partial charge in [-0.2, -0.15) is 18.2 Å². The van der Waals surface area contributed by atoms with Crippen molar-refractivity contribution in [2.45, 2.75) is 0 Å². The predicted octanol–water partition coefficient (Wildman–Crippen LogP) is 1.73. The van der Waals surface area contributed by atoms with Gasteiger partial charge in [-0.3, -0.25) is 0 Å². The van der Waals surface area contributed by atoms with Crippen LogP contribution in [0.15, 0.2) is 30.3 Å². The van der Waals surface area contributed by atoms with E-state index in [-0.39, 0.29) is 0 Å². The number of nitrogens with zero attached hydrogens (tertiary/aromatic N) is 1. The van der Waals surface area contributed by atoms with E-state index in [2.05, 4.69) is 28.2 Å². The van der Waals surface area contributed by atoms with E-state index in [1.165, 1.54) is 0 Å². The molecule has 0 aliphatic heterocycles. The molecule has 0 spiro atoms. The summed E-state index contributed by atoms with van der Waals surface area (Å²) in [6, 6.07) is 10.0. The molecule has 58 valence electrons. The first-order chi connectivity index (χ1) is 4.50. The Morgan fingerprint density at radius 2 is 1.20 bits per heavy atom. The summed E-state index contributed by atoms with van der Waals surface area (Å²) in [5.74, 6) is 0. The molecule has 0 saturated carbocycles. The smallest absolute Gasteiger partial charge is 0.0675 e. The lowest BCUT2D eigenvalue weighted by atomic mass is 10.7. The summed E-state index contributed by atoms with van der Waals surface area (Å²) in [7, 11) is 8.50. The third-order valence-corrected chi connectivity index (χ3v) is 0.556. The van der Waals surface area contributed by atoms with Crippen molar-refractivity contribution in [1.29, 1.82) is 0 Å². The van der Waals surface area contributed by atoms with Gasteiger partial charge in [-0.05, 0) is 0 Å². The molecule has 1 rings (SSSR count). The highest BCUT2D eigenvalue weighted by molar-refractivity contribution is 4.99. The second-order valence-corrected chi connectivity index (χ2v) is 3.65. The lowest BCUT2D eigenvalue weighted by molar-refractivity contribution is -0.849. The zero-order valence-electron chi connectivity index (χ0n) is 7.33. The Hall–Kier alpha value is -0.690. The number of hydrogen-bond donors (Lipinski definition) is 0. The third-order valence-electron chi connectivity index (χ3n) is 0.556. The van der Waals surface area contributed by atoms with Crippen LogP contribution < -0.4 is 0 Å². The van der Waals surface area contributed by atoms with Crippen LogP contribution >= 0.6 is 0 Å². The molecule has 0 fully saturated rings. The molecule has 0 atom stereocenters. The maximum atomic E-state index is 2.12. The monoisotopic (exact) mass is 139 g/mol. The molecule has 0 aliphatic carbocycles. The molecule has 0 bridgehead atoms. The van der Waals surface area contributed by atoms with Crippen LogP contribution in [0.25, 0.3) is 0 Å². The fourth-order valence-electron chi connectivity index (χ4n) is 0.321. The highest BCUT2D eigenvalue weighted by Crippen LogP contribution is 1.79. The van der Waals surface area contributed by atoms with Crippen LogP contribution in [0.1, 0.15) is 0 Å². The summed E-state index contributed by atoms with van der Waals surface area (Å²) in [6.07, 6.45) is 0. The summed E-state index contributed by atoms with van der Waals surface area (Å²) in [5, 5.41) is 0. The molecular weight excluding hydrogens is 122 g/mol. The topological polar surface area (TPSA) is 0 Å². The second kappa shape index (κ2) is 4.18.